The van der Waals surface area contributed by atoms with Crippen molar-refractivity contribution in [3.63, 3.8) is 0 Å². The molecule has 2 aromatic carbocycles. The Morgan fingerprint density at radius 1 is 1.08 bits per heavy atom. The van der Waals surface area contributed by atoms with Crippen LogP contribution in [0.25, 0.3) is 33.2 Å². The molecule has 3 aromatic heterocycles. The Hall–Kier alpha value is -3.69. The number of rotatable bonds is 5. The highest BCUT2D eigenvalue weighted by Crippen LogP contribution is 2.43. The van der Waals surface area contributed by atoms with E-state index in [-0.39, 0.29) is 11.5 Å². The number of fused-ring (bicyclic) bond motifs is 3. The molecule has 0 unspecified atom stereocenters. The maximum atomic E-state index is 15.6. The van der Waals surface area contributed by atoms with Gasteiger partial charge >= 0.3 is 0 Å². The van der Waals surface area contributed by atoms with Crippen molar-refractivity contribution in [2.45, 2.75) is 45.3 Å². The summed E-state index contributed by atoms with van der Waals surface area (Å²) < 4.78 is 39.7. The minimum Gasteiger partial charge on any atom is -0.386 e. The van der Waals surface area contributed by atoms with Gasteiger partial charge in [-0.1, -0.05) is 29.5 Å². The molecule has 5 aromatic rings. The lowest BCUT2D eigenvalue weighted by Gasteiger charge is -2.33. The second-order valence-electron chi connectivity index (χ2n) is 10.9. The van der Waals surface area contributed by atoms with Gasteiger partial charge in [-0.2, -0.15) is 0 Å². The van der Waals surface area contributed by atoms with Crippen molar-refractivity contribution in [3.8, 4) is 11.3 Å². The largest absolute Gasteiger partial charge is 0.386 e. The van der Waals surface area contributed by atoms with Gasteiger partial charge in [-0.05, 0) is 63.3 Å². The molecule has 0 radical (unpaired) electrons. The van der Waals surface area contributed by atoms with E-state index in [2.05, 4.69) is 14.9 Å². The molecule has 6 rings (SSSR count). The predicted molar refractivity (Wildman–Crippen MR) is 145 cm³/mol. The van der Waals surface area contributed by atoms with Crippen molar-refractivity contribution >= 4 is 21.9 Å². The van der Waals surface area contributed by atoms with Crippen molar-refractivity contribution < 1.29 is 18.6 Å². The van der Waals surface area contributed by atoms with Crippen molar-refractivity contribution in [1.82, 2.24) is 24.5 Å². The van der Waals surface area contributed by atoms with Gasteiger partial charge in [-0.3, -0.25) is 4.98 Å². The summed E-state index contributed by atoms with van der Waals surface area (Å²) in [5, 5.41) is 20.1. The zero-order chi connectivity index (χ0) is 27.5. The second kappa shape index (κ2) is 9.50. The van der Waals surface area contributed by atoms with Crippen LogP contribution in [0, 0.1) is 24.5 Å². The summed E-state index contributed by atoms with van der Waals surface area (Å²) in [5.74, 6) is -1.74. The summed E-state index contributed by atoms with van der Waals surface area (Å²) in [6, 6.07) is 11.7. The number of hydrogen-bond acceptors (Lipinski definition) is 5. The highest BCUT2D eigenvalue weighted by atomic mass is 19.2. The maximum absolute atomic E-state index is 15.6. The Balaban J connectivity index is 1.72. The molecule has 1 aliphatic rings. The zero-order valence-corrected chi connectivity index (χ0v) is 22.4. The Bertz CT molecular complexity index is 1680. The molecule has 0 aliphatic carbocycles. The zero-order valence-electron chi connectivity index (χ0n) is 22.4. The van der Waals surface area contributed by atoms with E-state index in [1.54, 1.807) is 36.9 Å². The van der Waals surface area contributed by atoms with Gasteiger partial charge < -0.3 is 14.4 Å². The molecular formula is C30H31F2N5O2. The molecule has 7 nitrogen and oxygen atoms in total. The molecule has 39 heavy (non-hydrogen) atoms. The van der Waals surface area contributed by atoms with Crippen molar-refractivity contribution in [2.24, 2.45) is 13.0 Å². The minimum absolute atomic E-state index is 0.0107. The molecule has 1 aliphatic heterocycles. The third-order valence-corrected chi connectivity index (χ3v) is 7.91. The first-order valence-corrected chi connectivity index (χ1v) is 13.2. The number of aromatic nitrogens is 5. The van der Waals surface area contributed by atoms with Gasteiger partial charge in [0.05, 0.1) is 39.6 Å². The lowest BCUT2D eigenvalue weighted by molar-refractivity contribution is 0.0547. The van der Waals surface area contributed by atoms with E-state index in [0.29, 0.717) is 26.1 Å². The van der Waals surface area contributed by atoms with E-state index in [9.17, 15) is 9.50 Å². The third kappa shape index (κ3) is 4.30. The lowest BCUT2D eigenvalue weighted by Crippen LogP contribution is -2.28. The quantitative estimate of drug-likeness (QED) is 0.310. The molecule has 1 N–H and O–H groups in total. The number of nitrogens with zero attached hydrogens (tertiary/aromatic N) is 5. The highest BCUT2D eigenvalue weighted by Gasteiger charge is 2.33. The predicted octanol–water partition coefficient (Wildman–Crippen LogP) is 5.82. The normalized spacial score (nSPS) is 15.9. The maximum Gasteiger partial charge on any atom is 0.164 e. The molecule has 0 saturated carbocycles. The smallest absolute Gasteiger partial charge is 0.164 e. The van der Waals surface area contributed by atoms with Crippen molar-refractivity contribution in [2.75, 3.05) is 13.2 Å². The number of pyridine rings is 1. The van der Waals surface area contributed by atoms with E-state index < -0.39 is 23.3 Å². The highest BCUT2D eigenvalue weighted by molar-refractivity contribution is 6.07. The molecule has 202 valence electrons. The summed E-state index contributed by atoms with van der Waals surface area (Å²) >= 11 is 0. The number of ether oxygens (including phenoxy) is 1. The number of benzene rings is 2. The lowest BCUT2D eigenvalue weighted by atomic mass is 9.86. The van der Waals surface area contributed by atoms with Gasteiger partial charge in [-0.15, -0.1) is 5.10 Å². The molecule has 1 saturated heterocycles. The van der Waals surface area contributed by atoms with Crippen LogP contribution in [0.1, 0.15) is 49.6 Å². The van der Waals surface area contributed by atoms with Crippen LogP contribution in [0.2, 0.25) is 0 Å². The third-order valence-electron chi connectivity index (χ3n) is 7.91. The summed E-state index contributed by atoms with van der Waals surface area (Å²) in [5.41, 5.74) is 4.67. The number of aryl methyl sites for hydroxylation is 2. The average molecular weight is 532 g/mol. The van der Waals surface area contributed by atoms with Crippen LogP contribution in [0.4, 0.5) is 8.78 Å². The first-order valence-electron chi connectivity index (χ1n) is 13.2. The van der Waals surface area contributed by atoms with Gasteiger partial charge in [0.25, 0.3) is 0 Å². The Morgan fingerprint density at radius 2 is 1.85 bits per heavy atom. The standard InChI is InChI=1S/C30H31F2N5O2/c1-17-28(36(4)35-34-17)19-14-25-27(33-16-19)21-9-8-20(30(2,3)38)15-24(21)37(25)29(18-10-12-39-13-11-18)22-6-5-7-23(31)26(22)32/h5-9,14-16,18,29,38H,10-13H2,1-4H3/t29-/m1/s1. The second-order valence-corrected chi connectivity index (χ2v) is 10.9. The van der Waals surface area contributed by atoms with E-state index in [1.807, 2.05) is 38.2 Å². The van der Waals surface area contributed by atoms with Crippen LogP contribution in [0.3, 0.4) is 0 Å². The summed E-state index contributed by atoms with van der Waals surface area (Å²) in [7, 11) is 1.83. The van der Waals surface area contributed by atoms with Crippen molar-refractivity contribution in [1.29, 1.82) is 0 Å². The van der Waals surface area contributed by atoms with Crippen LogP contribution in [0.15, 0.2) is 48.7 Å². The molecule has 0 amide bonds. The first kappa shape index (κ1) is 25.6. The van der Waals surface area contributed by atoms with E-state index in [4.69, 9.17) is 9.72 Å². The molecule has 0 spiro atoms. The Kier molecular flexibility index (Phi) is 6.23. The van der Waals surface area contributed by atoms with Gasteiger partial charge in [0.15, 0.2) is 11.6 Å². The monoisotopic (exact) mass is 531 g/mol. The summed E-state index contributed by atoms with van der Waals surface area (Å²) in [4.78, 5) is 4.88. The first-order chi connectivity index (χ1) is 18.6. The van der Waals surface area contributed by atoms with Crippen LogP contribution >= 0.6 is 0 Å². The van der Waals surface area contributed by atoms with Gasteiger partial charge in [0, 0.05) is 43.0 Å². The van der Waals surface area contributed by atoms with Crippen LogP contribution in [-0.2, 0) is 17.4 Å². The van der Waals surface area contributed by atoms with E-state index >= 15 is 4.39 Å². The molecule has 1 atom stereocenters. The number of halogens is 2. The van der Waals surface area contributed by atoms with Crippen LogP contribution < -0.4 is 0 Å². The topological polar surface area (TPSA) is 78.0 Å². The Labute approximate surface area is 225 Å². The number of aliphatic hydroxyl groups is 1. The summed E-state index contributed by atoms with van der Waals surface area (Å²) in [6.07, 6.45) is 3.20. The fourth-order valence-corrected chi connectivity index (χ4v) is 5.96. The van der Waals surface area contributed by atoms with Crippen molar-refractivity contribution in [3.05, 3.63) is 77.1 Å². The van der Waals surface area contributed by atoms with Gasteiger partial charge in [-0.25, -0.2) is 13.5 Å². The average Bonchev–Trinajstić information content (AvgIpc) is 3.42. The SMILES string of the molecule is Cc1nnn(C)c1-c1cnc2c3ccc(C(C)(C)O)cc3n([C@@H](c3cccc(F)c3F)C3CCOCC3)c2c1. The Morgan fingerprint density at radius 3 is 2.54 bits per heavy atom. The van der Waals surface area contributed by atoms with Crippen LogP contribution in [-0.4, -0.2) is 42.9 Å². The van der Waals surface area contributed by atoms with Crippen LogP contribution in [0.5, 0.6) is 0 Å². The number of hydrogen-bond donors (Lipinski definition) is 1. The molecule has 1 fully saturated rings. The van der Waals surface area contributed by atoms with E-state index in [1.165, 1.54) is 0 Å². The van der Waals surface area contributed by atoms with Gasteiger partial charge in [0.2, 0.25) is 0 Å². The molecule has 4 heterocycles. The minimum atomic E-state index is -1.09. The summed E-state index contributed by atoms with van der Waals surface area (Å²) in [6.45, 7) is 6.46. The molecular weight excluding hydrogens is 500 g/mol. The van der Waals surface area contributed by atoms with E-state index in [0.717, 1.165) is 50.5 Å². The fourth-order valence-electron chi connectivity index (χ4n) is 5.96. The fraction of sp³-hybridized carbons (Fsp3) is 0.367. The molecule has 9 heteroatoms. The molecule has 0 bridgehead atoms. The van der Waals surface area contributed by atoms with Gasteiger partial charge in [0.1, 0.15) is 0 Å².